The minimum absolute atomic E-state index is 0.301. The number of benzene rings is 1. The molecule has 0 radical (unpaired) electrons. The molecule has 0 amide bonds. The van der Waals surface area contributed by atoms with Crippen molar-refractivity contribution < 1.29 is 0 Å². The van der Waals surface area contributed by atoms with Crippen molar-refractivity contribution in [1.29, 1.82) is 0 Å². The molecule has 0 saturated heterocycles. The van der Waals surface area contributed by atoms with E-state index in [2.05, 4.69) is 45.9 Å². The van der Waals surface area contributed by atoms with Crippen LogP contribution in [0, 0.1) is 19.8 Å². The molecule has 0 aliphatic heterocycles. The van der Waals surface area contributed by atoms with Gasteiger partial charge in [0.05, 0.1) is 0 Å². The Balaban J connectivity index is 2.57. The fourth-order valence-corrected chi connectivity index (χ4v) is 2.78. The highest BCUT2D eigenvalue weighted by molar-refractivity contribution is 7.99. The Morgan fingerprint density at radius 2 is 2.00 bits per heavy atom. The molecule has 0 aliphatic carbocycles. The van der Waals surface area contributed by atoms with E-state index >= 15 is 0 Å². The van der Waals surface area contributed by atoms with Gasteiger partial charge in [-0.1, -0.05) is 38.0 Å². The summed E-state index contributed by atoms with van der Waals surface area (Å²) < 4.78 is 0. The maximum Gasteiger partial charge on any atom is 0.0159 e. The van der Waals surface area contributed by atoms with E-state index < -0.39 is 0 Å². The van der Waals surface area contributed by atoms with Gasteiger partial charge in [-0.05, 0) is 31.4 Å². The molecule has 0 fully saturated rings. The summed E-state index contributed by atoms with van der Waals surface area (Å²) in [4.78, 5) is 1.37. The molecule has 16 heavy (non-hydrogen) atoms. The molecule has 90 valence electrons. The topological polar surface area (TPSA) is 26.0 Å². The number of aryl methyl sites for hydroxylation is 2. The van der Waals surface area contributed by atoms with Gasteiger partial charge in [-0.3, -0.25) is 0 Å². The summed E-state index contributed by atoms with van der Waals surface area (Å²) in [5, 5.41) is 0. The maximum atomic E-state index is 6.14. The Bertz CT molecular complexity index is 336. The van der Waals surface area contributed by atoms with Gasteiger partial charge < -0.3 is 5.73 Å². The Morgan fingerprint density at radius 3 is 2.62 bits per heavy atom. The van der Waals surface area contributed by atoms with Gasteiger partial charge in [-0.2, -0.15) is 0 Å². The Labute approximate surface area is 104 Å². The zero-order chi connectivity index (χ0) is 12.1. The van der Waals surface area contributed by atoms with Gasteiger partial charge in [0, 0.05) is 16.7 Å². The van der Waals surface area contributed by atoms with Crippen LogP contribution < -0.4 is 5.73 Å². The second-order valence-electron chi connectivity index (χ2n) is 4.63. The van der Waals surface area contributed by atoms with Crippen LogP contribution in [0.5, 0.6) is 0 Å². The predicted octanol–water partition coefficient (Wildman–Crippen LogP) is 3.77. The molecule has 2 heteroatoms. The van der Waals surface area contributed by atoms with Crippen LogP contribution in [0.2, 0.25) is 0 Å². The summed E-state index contributed by atoms with van der Waals surface area (Å²) in [6.45, 7) is 8.73. The van der Waals surface area contributed by atoms with Crippen molar-refractivity contribution >= 4 is 11.8 Å². The summed E-state index contributed by atoms with van der Waals surface area (Å²) in [6.07, 6.45) is 1.16. The fraction of sp³-hybridized carbons (Fsp3) is 0.571. The van der Waals surface area contributed by atoms with Crippen molar-refractivity contribution in [2.24, 2.45) is 11.7 Å². The van der Waals surface area contributed by atoms with Crippen LogP contribution in [-0.4, -0.2) is 11.8 Å². The van der Waals surface area contributed by atoms with Crippen LogP contribution in [0.1, 0.15) is 31.4 Å². The summed E-state index contributed by atoms with van der Waals surface area (Å²) in [6, 6.07) is 6.90. The minimum atomic E-state index is 0.301. The van der Waals surface area contributed by atoms with Crippen molar-refractivity contribution in [3.8, 4) is 0 Å². The van der Waals surface area contributed by atoms with E-state index in [0.717, 1.165) is 12.2 Å². The molecule has 0 spiro atoms. The first-order valence-corrected chi connectivity index (χ1v) is 6.98. The van der Waals surface area contributed by atoms with Crippen LogP contribution in [-0.2, 0) is 0 Å². The monoisotopic (exact) mass is 237 g/mol. The lowest BCUT2D eigenvalue weighted by Gasteiger charge is -2.18. The normalized spacial score (nSPS) is 14.8. The highest BCUT2D eigenvalue weighted by atomic mass is 32.2. The smallest absolute Gasteiger partial charge is 0.0159 e. The molecule has 0 bridgehead atoms. The molecule has 1 aromatic rings. The summed E-state index contributed by atoms with van der Waals surface area (Å²) in [5.74, 6) is 1.62. The van der Waals surface area contributed by atoms with Crippen molar-refractivity contribution in [2.75, 3.05) is 5.75 Å². The molecule has 1 nitrogen and oxygen atoms in total. The van der Waals surface area contributed by atoms with E-state index in [1.165, 1.54) is 16.0 Å². The zero-order valence-electron chi connectivity index (χ0n) is 10.8. The molecule has 1 aromatic carbocycles. The third-order valence-corrected chi connectivity index (χ3v) is 4.45. The Kier molecular flexibility index (Phi) is 5.36. The molecule has 0 saturated carbocycles. The summed E-state index contributed by atoms with van der Waals surface area (Å²) in [5.41, 5.74) is 8.82. The average Bonchev–Trinajstić information content (AvgIpc) is 2.28. The minimum Gasteiger partial charge on any atom is -0.327 e. The van der Waals surface area contributed by atoms with Crippen molar-refractivity contribution in [2.45, 2.75) is 45.1 Å². The van der Waals surface area contributed by atoms with Gasteiger partial charge in [-0.15, -0.1) is 11.8 Å². The second-order valence-corrected chi connectivity index (χ2v) is 5.69. The second kappa shape index (κ2) is 6.31. The van der Waals surface area contributed by atoms with E-state index in [-0.39, 0.29) is 0 Å². The van der Waals surface area contributed by atoms with Crippen LogP contribution >= 0.6 is 11.8 Å². The van der Waals surface area contributed by atoms with Crippen molar-refractivity contribution in [3.63, 3.8) is 0 Å². The fourth-order valence-electron chi connectivity index (χ4n) is 1.52. The first-order chi connectivity index (χ1) is 7.54. The first kappa shape index (κ1) is 13.6. The molecule has 0 aliphatic rings. The van der Waals surface area contributed by atoms with Crippen molar-refractivity contribution in [1.82, 2.24) is 0 Å². The molecular formula is C14H23NS. The van der Waals surface area contributed by atoms with E-state index in [4.69, 9.17) is 5.73 Å². The molecular weight excluding hydrogens is 214 g/mol. The molecule has 2 N–H and O–H groups in total. The zero-order valence-corrected chi connectivity index (χ0v) is 11.6. The molecule has 2 atom stereocenters. The number of rotatable bonds is 5. The lowest BCUT2D eigenvalue weighted by atomic mass is 10.0. The lowest BCUT2D eigenvalue weighted by Crippen LogP contribution is -2.30. The van der Waals surface area contributed by atoms with Crippen LogP contribution in [0.3, 0.4) is 0 Å². The van der Waals surface area contributed by atoms with Crippen LogP contribution in [0.15, 0.2) is 23.1 Å². The van der Waals surface area contributed by atoms with Crippen LogP contribution in [0.4, 0.5) is 0 Å². The van der Waals surface area contributed by atoms with E-state index in [0.29, 0.717) is 12.0 Å². The first-order valence-electron chi connectivity index (χ1n) is 6.00. The van der Waals surface area contributed by atoms with Gasteiger partial charge >= 0.3 is 0 Å². The SMILES string of the molecule is CCC(C)C(N)CSc1cc(C)ccc1C. The third-order valence-electron chi connectivity index (χ3n) is 3.15. The van der Waals surface area contributed by atoms with Crippen molar-refractivity contribution in [3.05, 3.63) is 29.3 Å². The van der Waals surface area contributed by atoms with E-state index in [1.54, 1.807) is 0 Å². The number of nitrogens with two attached hydrogens (primary N) is 1. The number of hydrogen-bond donors (Lipinski definition) is 1. The largest absolute Gasteiger partial charge is 0.327 e. The number of thioether (sulfide) groups is 1. The van der Waals surface area contributed by atoms with Gasteiger partial charge in [0.25, 0.3) is 0 Å². The molecule has 0 heterocycles. The standard InChI is InChI=1S/C14H23NS/c1-5-11(3)13(15)9-16-14-8-10(2)6-7-12(14)4/h6-8,11,13H,5,9,15H2,1-4H3. The maximum absolute atomic E-state index is 6.14. The molecule has 2 unspecified atom stereocenters. The predicted molar refractivity (Wildman–Crippen MR) is 74.1 cm³/mol. The molecule has 1 rings (SSSR count). The third kappa shape index (κ3) is 3.84. The van der Waals surface area contributed by atoms with Crippen LogP contribution in [0.25, 0.3) is 0 Å². The van der Waals surface area contributed by atoms with E-state index in [9.17, 15) is 0 Å². The number of hydrogen-bond acceptors (Lipinski definition) is 2. The average molecular weight is 237 g/mol. The quantitative estimate of drug-likeness (QED) is 0.789. The lowest BCUT2D eigenvalue weighted by molar-refractivity contribution is 0.475. The van der Waals surface area contributed by atoms with Gasteiger partial charge in [0.1, 0.15) is 0 Å². The highest BCUT2D eigenvalue weighted by Crippen LogP contribution is 2.25. The van der Waals surface area contributed by atoms with E-state index in [1.807, 2.05) is 11.8 Å². The Hall–Kier alpha value is -0.470. The summed E-state index contributed by atoms with van der Waals surface area (Å²) >= 11 is 1.89. The van der Waals surface area contributed by atoms with Gasteiger partial charge in [0.2, 0.25) is 0 Å². The van der Waals surface area contributed by atoms with Gasteiger partial charge in [-0.25, -0.2) is 0 Å². The summed E-state index contributed by atoms with van der Waals surface area (Å²) in [7, 11) is 0. The van der Waals surface area contributed by atoms with Gasteiger partial charge in [0.15, 0.2) is 0 Å². The molecule has 0 aromatic heterocycles. The highest BCUT2D eigenvalue weighted by Gasteiger charge is 2.11. The Morgan fingerprint density at radius 1 is 1.31 bits per heavy atom.